The second-order valence-corrected chi connectivity index (χ2v) is 7.37. The average molecular weight is 397 g/mol. The van der Waals surface area contributed by atoms with E-state index in [4.69, 9.17) is 4.74 Å². The van der Waals surface area contributed by atoms with Gasteiger partial charge in [-0.1, -0.05) is 55.5 Å². The zero-order valence-electron chi connectivity index (χ0n) is 17.9. The van der Waals surface area contributed by atoms with E-state index in [0.29, 0.717) is 18.7 Å². The molecule has 0 fully saturated rings. The molecule has 0 saturated heterocycles. The van der Waals surface area contributed by atoms with Gasteiger partial charge in [-0.05, 0) is 50.8 Å². The molecular weight excluding hydrogens is 364 g/mol. The van der Waals surface area contributed by atoms with Gasteiger partial charge in [0.25, 0.3) is 5.91 Å². The van der Waals surface area contributed by atoms with Crippen LogP contribution in [0.3, 0.4) is 0 Å². The lowest BCUT2D eigenvalue weighted by molar-refractivity contribution is -0.141. The Balaban J connectivity index is 2.08. The highest BCUT2D eigenvalue weighted by molar-refractivity contribution is 5.88. The number of carbonyl (C=O) groups is 2. The number of rotatable bonds is 10. The van der Waals surface area contributed by atoms with E-state index in [-0.39, 0.29) is 24.5 Å². The Kier molecular flexibility index (Phi) is 8.71. The Labute approximate surface area is 174 Å². The molecule has 2 aromatic carbocycles. The van der Waals surface area contributed by atoms with Crippen molar-refractivity contribution in [2.24, 2.45) is 0 Å². The molecule has 0 spiro atoms. The number of nitrogens with one attached hydrogen (secondary N) is 1. The van der Waals surface area contributed by atoms with Crippen LogP contribution >= 0.6 is 0 Å². The number of ether oxygens (including phenoxy) is 1. The molecule has 0 radical (unpaired) electrons. The molecule has 5 heteroatoms. The van der Waals surface area contributed by atoms with Crippen molar-refractivity contribution >= 4 is 11.8 Å². The van der Waals surface area contributed by atoms with Crippen molar-refractivity contribution in [3.05, 3.63) is 65.7 Å². The third-order valence-corrected chi connectivity index (χ3v) is 5.10. The lowest BCUT2D eigenvalue weighted by Gasteiger charge is -2.29. The highest BCUT2D eigenvalue weighted by atomic mass is 16.5. The van der Waals surface area contributed by atoms with Crippen LogP contribution in [0.25, 0.3) is 0 Å². The fourth-order valence-electron chi connectivity index (χ4n) is 2.98. The Morgan fingerprint density at radius 3 is 2.34 bits per heavy atom. The smallest absolute Gasteiger partial charge is 0.261 e. The molecular formula is C24H32N2O3. The SMILES string of the molecule is CC[C@H](C)NC(=O)[C@H](C)N(CCc1ccccc1)C(=O)COc1ccccc1C. The number of aryl methyl sites for hydroxylation is 1. The van der Waals surface area contributed by atoms with Gasteiger partial charge >= 0.3 is 0 Å². The van der Waals surface area contributed by atoms with E-state index in [1.807, 2.05) is 75.4 Å². The minimum atomic E-state index is -0.569. The lowest BCUT2D eigenvalue weighted by atomic mass is 10.1. The maximum atomic E-state index is 13.0. The Bertz CT molecular complexity index is 792. The first kappa shape index (κ1) is 22.5. The molecule has 2 rings (SSSR count). The second kappa shape index (κ2) is 11.2. The fourth-order valence-corrected chi connectivity index (χ4v) is 2.98. The third-order valence-electron chi connectivity index (χ3n) is 5.10. The first-order valence-corrected chi connectivity index (χ1v) is 10.2. The molecule has 0 aliphatic rings. The Morgan fingerprint density at radius 2 is 1.69 bits per heavy atom. The maximum absolute atomic E-state index is 13.0. The predicted octanol–water partition coefficient (Wildman–Crippen LogP) is 3.75. The topological polar surface area (TPSA) is 58.6 Å². The molecule has 2 amide bonds. The summed E-state index contributed by atoms with van der Waals surface area (Å²) in [6, 6.07) is 17.0. The Morgan fingerprint density at radius 1 is 1.03 bits per heavy atom. The van der Waals surface area contributed by atoms with Crippen molar-refractivity contribution < 1.29 is 14.3 Å². The van der Waals surface area contributed by atoms with E-state index in [1.165, 1.54) is 0 Å². The number of benzene rings is 2. The van der Waals surface area contributed by atoms with Gasteiger partial charge < -0.3 is 15.0 Å². The highest BCUT2D eigenvalue weighted by Gasteiger charge is 2.26. The summed E-state index contributed by atoms with van der Waals surface area (Å²) < 4.78 is 5.74. The van der Waals surface area contributed by atoms with Crippen molar-refractivity contribution in [1.82, 2.24) is 10.2 Å². The molecule has 5 nitrogen and oxygen atoms in total. The molecule has 0 aromatic heterocycles. The largest absolute Gasteiger partial charge is 0.484 e. The quantitative estimate of drug-likeness (QED) is 0.665. The van der Waals surface area contributed by atoms with E-state index in [2.05, 4.69) is 5.32 Å². The van der Waals surface area contributed by atoms with Crippen LogP contribution in [0, 0.1) is 6.92 Å². The molecule has 0 saturated carbocycles. The van der Waals surface area contributed by atoms with Gasteiger partial charge in [0.2, 0.25) is 5.91 Å². The van der Waals surface area contributed by atoms with Crippen molar-refractivity contribution in [2.75, 3.05) is 13.2 Å². The summed E-state index contributed by atoms with van der Waals surface area (Å²) in [6.45, 7) is 8.05. The van der Waals surface area contributed by atoms with E-state index < -0.39 is 6.04 Å². The Hall–Kier alpha value is -2.82. The van der Waals surface area contributed by atoms with Crippen LogP contribution in [0.2, 0.25) is 0 Å². The van der Waals surface area contributed by atoms with Crippen molar-refractivity contribution in [3.63, 3.8) is 0 Å². The summed E-state index contributed by atoms with van der Waals surface area (Å²) in [6.07, 6.45) is 1.52. The van der Waals surface area contributed by atoms with Gasteiger partial charge in [-0.25, -0.2) is 0 Å². The molecule has 1 N–H and O–H groups in total. The normalized spacial score (nSPS) is 12.7. The molecule has 2 atom stereocenters. The van der Waals surface area contributed by atoms with E-state index in [9.17, 15) is 9.59 Å². The summed E-state index contributed by atoms with van der Waals surface area (Å²) in [4.78, 5) is 27.2. The van der Waals surface area contributed by atoms with Crippen molar-refractivity contribution in [3.8, 4) is 5.75 Å². The summed E-state index contributed by atoms with van der Waals surface area (Å²) in [5.74, 6) is 0.341. The van der Waals surface area contributed by atoms with Crippen LogP contribution in [0.15, 0.2) is 54.6 Å². The van der Waals surface area contributed by atoms with Crippen LogP contribution in [-0.4, -0.2) is 41.9 Å². The maximum Gasteiger partial charge on any atom is 0.261 e. The number of carbonyl (C=O) groups excluding carboxylic acids is 2. The lowest BCUT2D eigenvalue weighted by Crippen LogP contribution is -2.51. The van der Waals surface area contributed by atoms with Crippen LogP contribution in [0.1, 0.15) is 38.3 Å². The fraction of sp³-hybridized carbons (Fsp3) is 0.417. The monoisotopic (exact) mass is 396 g/mol. The standard InChI is InChI=1S/C24H32N2O3/c1-5-19(3)25-24(28)20(4)26(16-15-21-12-7-6-8-13-21)23(27)17-29-22-14-10-9-11-18(22)2/h6-14,19-20H,5,15-17H2,1-4H3,(H,25,28)/t19-,20-/m0/s1. The summed E-state index contributed by atoms with van der Waals surface area (Å²) >= 11 is 0. The minimum absolute atomic E-state index is 0.0687. The highest BCUT2D eigenvalue weighted by Crippen LogP contribution is 2.16. The van der Waals surface area contributed by atoms with Crippen LogP contribution in [0.4, 0.5) is 0 Å². The predicted molar refractivity (Wildman–Crippen MR) is 116 cm³/mol. The second-order valence-electron chi connectivity index (χ2n) is 7.37. The van der Waals surface area contributed by atoms with Gasteiger partial charge in [0.15, 0.2) is 6.61 Å². The number of para-hydroxylation sites is 1. The summed E-state index contributed by atoms with van der Waals surface area (Å²) in [5.41, 5.74) is 2.10. The summed E-state index contributed by atoms with van der Waals surface area (Å²) in [7, 11) is 0. The average Bonchev–Trinajstić information content (AvgIpc) is 2.73. The first-order valence-electron chi connectivity index (χ1n) is 10.2. The van der Waals surface area contributed by atoms with Gasteiger partial charge in [0.05, 0.1) is 0 Å². The minimum Gasteiger partial charge on any atom is -0.484 e. The molecule has 0 aliphatic heterocycles. The van der Waals surface area contributed by atoms with E-state index >= 15 is 0 Å². The van der Waals surface area contributed by atoms with Crippen molar-refractivity contribution in [1.29, 1.82) is 0 Å². The van der Waals surface area contributed by atoms with E-state index in [1.54, 1.807) is 11.8 Å². The first-order chi connectivity index (χ1) is 13.9. The van der Waals surface area contributed by atoms with Gasteiger partial charge in [-0.15, -0.1) is 0 Å². The zero-order valence-corrected chi connectivity index (χ0v) is 17.9. The van der Waals surface area contributed by atoms with Crippen molar-refractivity contribution in [2.45, 2.75) is 52.6 Å². The number of nitrogens with zero attached hydrogens (tertiary/aromatic N) is 1. The van der Waals surface area contributed by atoms with Gasteiger partial charge in [0.1, 0.15) is 11.8 Å². The van der Waals surface area contributed by atoms with Crippen LogP contribution in [0.5, 0.6) is 5.75 Å². The molecule has 29 heavy (non-hydrogen) atoms. The van der Waals surface area contributed by atoms with Gasteiger partial charge in [0, 0.05) is 12.6 Å². The number of hydrogen-bond donors (Lipinski definition) is 1. The van der Waals surface area contributed by atoms with Gasteiger partial charge in [-0.2, -0.15) is 0 Å². The molecule has 0 unspecified atom stereocenters. The number of amides is 2. The molecule has 0 heterocycles. The molecule has 156 valence electrons. The number of hydrogen-bond acceptors (Lipinski definition) is 3. The van der Waals surface area contributed by atoms with Crippen LogP contribution in [-0.2, 0) is 16.0 Å². The van der Waals surface area contributed by atoms with Gasteiger partial charge in [-0.3, -0.25) is 9.59 Å². The van der Waals surface area contributed by atoms with Crippen LogP contribution < -0.4 is 10.1 Å². The molecule has 2 aromatic rings. The molecule has 0 bridgehead atoms. The van der Waals surface area contributed by atoms with E-state index in [0.717, 1.165) is 17.5 Å². The zero-order chi connectivity index (χ0) is 21.2. The molecule has 0 aliphatic carbocycles. The summed E-state index contributed by atoms with van der Waals surface area (Å²) in [5, 5.41) is 2.97. The third kappa shape index (κ3) is 6.93.